The maximum absolute atomic E-state index is 11.7. The average Bonchev–Trinajstić information content (AvgIpc) is 2.38. The van der Waals surface area contributed by atoms with Gasteiger partial charge in [-0.3, -0.25) is 4.79 Å². The molecule has 15 heavy (non-hydrogen) atoms. The fourth-order valence-electron chi connectivity index (χ4n) is 2.08. The van der Waals surface area contributed by atoms with E-state index < -0.39 is 16.5 Å². The van der Waals surface area contributed by atoms with Crippen LogP contribution in [0.2, 0.25) is 0 Å². The summed E-state index contributed by atoms with van der Waals surface area (Å²) in [6, 6.07) is -0.0990. The normalized spacial score (nSPS) is 26.9. The molecule has 1 aliphatic heterocycles. The first-order valence-electron chi connectivity index (χ1n) is 4.97. The molecule has 0 aromatic rings. The Kier molecular flexibility index (Phi) is 2.81. The molecule has 84 valence electrons. The molecule has 1 heterocycles. The highest BCUT2D eigenvalue weighted by Crippen LogP contribution is 2.36. The molecule has 0 unspecified atom stereocenters. The number of rotatable bonds is 1. The highest BCUT2D eigenvalue weighted by molar-refractivity contribution is 6.58. The highest BCUT2D eigenvalue weighted by atomic mass is 35.5. The van der Waals surface area contributed by atoms with Crippen molar-refractivity contribution in [3.63, 3.8) is 0 Å². The quantitative estimate of drug-likeness (QED) is 0.673. The Morgan fingerprint density at radius 2 is 1.80 bits per heavy atom. The van der Waals surface area contributed by atoms with Gasteiger partial charge >= 0.3 is 16.5 Å². The maximum atomic E-state index is 11.7. The van der Waals surface area contributed by atoms with Crippen molar-refractivity contribution in [2.24, 2.45) is 0 Å². The van der Waals surface area contributed by atoms with Gasteiger partial charge in [-0.15, -0.1) is 0 Å². The van der Waals surface area contributed by atoms with Gasteiger partial charge in [-0.2, -0.15) is 0 Å². The first-order chi connectivity index (χ1) is 7.02. The molecule has 0 atom stereocenters. The van der Waals surface area contributed by atoms with Crippen molar-refractivity contribution in [2.45, 2.75) is 42.7 Å². The molecule has 0 radical (unpaired) electrons. The topological polar surface area (TPSA) is 46.6 Å². The summed E-state index contributed by atoms with van der Waals surface area (Å²) in [6.07, 6.45) is 4.06. The zero-order valence-electron chi connectivity index (χ0n) is 8.04. The standard InChI is InChI=1S/C9H11Cl2NO3/c10-9(11)7(13)12(8(14)15-9)6-4-2-1-3-5-6/h6H,1-5H2. The smallest absolute Gasteiger partial charge is 0.402 e. The van der Waals surface area contributed by atoms with Crippen molar-refractivity contribution in [3.8, 4) is 0 Å². The van der Waals surface area contributed by atoms with Crippen LogP contribution < -0.4 is 0 Å². The molecule has 4 nitrogen and oxygen atoms in total. The van der Waals surface area contributed by atoms with Crippen LogP contribution in [0.5, 0.6) is 0 Å². The first kappa shape index (κ1) is 11.0. The number of halogens is 2. The summed E-state index contributed by atoms with van der Waals surface area (Å²) in [5.41, 5.74) is 0. The summed E-state index contributed by atoms with van der Waals surface area (Å²) in [7, 11) is 0. The Morgan fingerprint density at radius 3 is 2.27 bits per heavy atom. The minimum atomic E-state index is -2.02. The Morgan fingerprint density at radius 1 is 1.20 bits per heavy atom. The molecule has 1 saturated heterocycles. The van der Waals surface area contributed by atoms with Crippen molar-refractivity contribution in [1.82, 2.24) is 4.90 Å². The minimum Gasteiger partial charge on any atom is -0.402 e. The number of hydrogen-bond donors (Lipinski definition) is 0. The molecule has 2 aliphatic rings. The number of nitrogens with zero attached hydrogens (tertiary/aromatic N) is 1. The predicted octanol–water partition coefficient (Wildman–Crippen LogP) is 2.43. The lowest BCUT2D eigenvalue weighted by molar-refractivity contribution is -0.130. The van der Waals surface area contributed by atoms with E-state index in [1.54, 1.807) is 0 Å². The molecule has 1 aliphatic carbocycles. The van der Waals surface area contributed by atoms with Crippen molar-refractivity contribution in [2.75, 3.05) is 0 Å². The van der Waals surface area contributed by atoms with Crippen molar-refractivity contribution >= 4 is 35.2 Å². The molecule has 1 saturated carbocycles. The van der Waals surface area contributed by atoms with E-state index in [4.69, 9.17) is 23.2 Å². The molecule has 0 spiro atoms. The number of cyclic esters (lactones) is 1. The molecule has 2 fully saturated rings. The second-order valence-electron chi connectivity index (χ2n) is 3.85. The van der Waals surface area contributed by atoms with Gasteiger partial charge < -0.3 is 4.74 Å². The van der Waals surface area contributed by atoms with Crippen LogP contribution >= 0.6 is 23.2 Å². The number of alkyl halides is 2. The number of imide groups is 1. The second kappa shape index (κ2) is 3.83. The number of carbonyl (C=O) groups excluding carboxylic acids is 2. The Balaban J connectivity index is 2.14. The van der Waals surface area contributed by atoms with Gasteiger partial charge in [0, 0.05) is 6.04 Å². The van der Waals surface area contributed by atoms with Crippen LogP contribution in [0.4, 0.5) is 4.79 Å². The minimum absolute atomic E-state index is 0.0990. The van der Waals surface area contributed by atoms with Crippen LogP contribution in [-0.4, -0.2) is 27.5 Å². The number of hydrogen-bond acceptors (Lipinski definition) is 3. The third kappa shape index (κ3) is 1.93. The number of carbonyl (C=O) groups is 2. The number of ether oxygens (including phenoxy) is 1. The van der Waals surface area contributed by atoms with Gasteiger partial charge in [0.05, 0.1) is 0 Å². The van der Waals surface area contributed by atoms with Gasteiger partial charge in [0.15, 0.2) is 0 Å². The third-order valence-electron chi connectivity index (χ3n) is 2.82. The van der Waals surface area contributed by atoms with Crippen LogP contribution in [0.1, 0.15) is 32.1 Å². The van der Waals surface area contributed by atoms with E-state index in [0.717, 1.165) is 37.0 Å². The lowest BCUT2D eigenvalue weighted by Crippen LogP contribution is -2.42. The monoisotopic (exact) mass is 251 g/mol. The third-order valence-corrected chi connectivity index (χ3v) is 3.30. The zero-order chi connectivity index (χ0) is 11.1. The molecule has 6 heteroatoms. The Bertz CT molecular complexity index is 300. The second-order valence-corrected chi connectivity index (χ2v) is 5.11. The van der Waals surface area contributed by atoms with Crippen molar-refractivity contribution in [3.05, 3.63) is 0 Å². The number of amides is 2. The maximum Gasteiger partial charge on any atom is 0.420 e. The van der Waals surface area contributed by atoms with Gasteiger partial charge in [0.25, 0.3) is 0 Å². The molecule has 0 bridgehead atoms. The van der Waals surface area contributed by atoms with E-state index in [1.165, 1.54) is 0 Å². The highest BCUT2D eigenvalue weighted by Gasteiger charge is 2.54. The first-order valence-corrected chi connectivity index (χ1v) is 5.72. The lowest BCUT2D eigenvalue weighted by Gasteiger charge is -2.27. The van der Waals surface area contributed by atoms with Gasteiger partial charge in [0.2, 0.25) is 0 Å². The SMILES string of the molecule is O=C1OC(Cl)(Cl)C(=O)N1C1CCCCC1. The van der Waals surface area contributed by atoms with E-state index in [0.29, 0.717) is 0 Å². The molecule has 0 aromatic carbocycles. The Labute approximate surface area is 97.5 Å². The molecule has 0 N–H and O–H groups in total. The Hall–Kier alpha value is -0.480. The van der Waals surface area contributed by atoms with Gasteiger partial charge in [-0.25, -0.2) is 9.69 Å². The fourth-order valence-corrected chi connectivity index (χ4v) is 2.39. The van der Waals surface area contributed by atoms with Crippen LogP contribution in [0.15, 0.2) is 0 Å². The summed E-state index contributed by atoms with van der Waals surface area (Å²) in [5.74, 6) is -0.650. The molecular weight excluding hydrogens is 241 g/mol. The van der Waals surface area contributed by atoms with Gasteiger partial charge in [-0.05, 0) is 36.0 Å². The summed E-state index contributed by atoms with van der Waals surface area (Å²) >= 11 is 11.1. The molecule has 2 rings (SSSR count). The summed E-state index contributed by atoms with van der Waals surface area (Å²) in [6.45, 7) is 0. The van der Waals surface area contributed by atoms with Crippen LogP contribution in [-0.2, 0) is 9.53 Å². The summed E-state index contributed by atoms with van der Waals surface area (Å²) in [4.78, 5) is 24.1. The van der Waals surface area contributed by atoms with E-state index in [1.807, 2.05) is 0 Å². The fraction of sp³-hybridized carbons (Fsp3) is 0.778. The van der Waals surface area contributed by atoms with E-state index >= 15 is 0 Å². The van der Waals surface area contributed by atoms with Gasteiger partial charge in [0.1, 0.15) is 0 Å². The van der Waals surface area contributed by atoms with E-state index in [-0.39, 0.29) is 6.04 Å². The van der Waals surface area contributed by atoms with Crippen LogP contribution in [0.3, 0.4) is 0 Å². The van der Waals surface area contributed by atoms with Crippen molar-refractivity contribution in [1.29, 1.82) is 0 Å². The molecular formula is C9H11Cl2NO3. The lowest BCUT2D eigenvalue weighted by atomic mass is 9.94. The molecule has 2 amide bonds. The predicted molar refractivity (Wildman–Crippen MR) is 54.6 cm³/mol. The van der Waals surface area contributed by atoms with E-state index in [9.17, 15) is 9.59 Å². The van der Waals surface area contributed by atoms with Crippen molar-refractivity contribution < 1.29 is 14.3 Å². The largest absolute Gasteiger partial charge is 0.420 e. The van der Waals surface area contributed by atoms with Gasteiger partial charge in [-0.1, -0.05) is 19.3 Å². The average molecular weight is 252 g/mol. The zero-order valence-corrected chi connectivity index (χ0v) is 9.55. The van der Waals surface area contributed by atoms with Crippen LogP contribution in [0, 0.1) is 0 Å². The molecule has 0 aromatic heterocycles. The summed E-state index contributed by atoms with van der Waals surface area (Å²) < 4.78 is 2.58. The van der Waals surface area contributed by atoms with E-state index in [2.05, 4.69) is 4.74 Å². The summed E-state index contributed by atoms with van der Waals surface area (Å²) in [5, 5.41) is 0. The van der Waals surface area contributed by atoms with Crippen LogP contribution in [0.25, 0.3) is 0 Å².